The zero-order valence-corrected chi connectivity index (χ0v) is 16.6. The molecule has 0 aliphatic heterocycles. The van der Waals surface area contributed by atoms with Crippen molar-refractivity contribution < 1.29 is 9.21 Å². The van der Waals surface area contributed by atoms with E-state index in [4.69, 9.17) is 10.2 Å². The normalized spacial score (nSPS) is 11.5. The SMILES string of the molecule is CSCCC(NC(=O)c1coc(CN)c1)c1nnc2ccccn12.Cl.Cl. The van der Waals surface area contributed by atoms with E-state index in [1.807, 2.05) is 35.1 Å². The average Bonchev–Trinajstić information content (AvgIpc) is 3.25. The highest BCUT2D eigenvalue weighted by Crippen LogP contribution is 2.19. The second-order valence-electron chi connectivity index (χ2n) is 5.30. The fourth-order valence-electron chi connectivity index (χ4n) is 2.45. The molecule has 0 bridgehead atoms. The third-order valence-electron chi connectivity index (χ3n) is 3.68. The molecule has 0 aliphatic carbocycles. The molecule has 3 heterocycles. The number of carbonyl (C=O) groups is 1. The number of hydrogen-bond donors (Lipinski definition) is 2. The summed E-state index contributed by atoms with van der Waals surface area (Å²) in [7, 11) is 0. The third kappa shape index (κ3) is 4.91. The largest absolute Gasteiger partial charge is 0.467 e. The van der Waals surface area contributed by atoms with Gasteiger partial charge in [-0.25, -0.2) is 0 Å². The number of amides is 1. The highest BCUT2D eigenvalue weighted by Gasteiger charge is 2.21. The molecular weight excluding hydrogens is 397 g/mol. The molecule has 1 unspecified atom stereocenters. The number of furan rings is 1. The summed E-state index contributed by atoms with van der Waals surface area (Å²) in [5.74, 6) is 1.98. The van der Waals surface area contributed by atoms with Crippen molar-refractivity contribution in [3.05, 3.63) is 53.9 Å². The van der Waals surface area contributed by atoms with Crippen LogP contribution in [-0.2, 0) is 6.54 Å². The highest BCUT2D eigenvalue weighted by atomic mass is 35.5. The number of nitrogens with one attached hydrogen (secondary N) is 1. The first-order valence-corrected chi connectivity index (χ1v) is 8.99. The molecule has 0 aromatic carbocycles. The fraction of sp³-hybridized carbons (Fsp3) is 0.312. The van der Waals surface area contributed by atoms with Crippen molar-refractivity contribution in [1.29, 1.82) is 0 Å². The number of aromatic nitrogens is 3. The van der Waals surface area contributed by atoms with Crippen LogP contribution in [0.15, 0.2) is 41.1 Å². The molecule has 0 saturated heterocycles. The van der Waals surface area contributed by atoms with Gasteiger partial charge in [-0.3, -0.25) is 9.20 Å². The van der Waals surface area contributed by atoms with Gasteiger partial charge in [0.2, 0.25) is 0 Å². The number of halogens is 2. The monoisotopic (exact) mass is 417 g/mol. The van der Waals surface area contributed by atoms with Crippen molar-refractivity contribution >= 4 is 48.1 Å². The molecule has 0 aliphatic rings. The van der Waals surface area contributed by atoms with Crippen LogP contribution in [0.2, 0.25) is 0 Å². The number of pyridine rings is 1. The van der Waals surface area contributed by atoms with Gasteiger partial charge in [0, 0.05) is 6.20 Å². The molecule has 0 radical (unpaired) electrons. The molecule has 142 valence electrons. The predicted molar refractivity (Wildman–Crippen MR) is 107 cm³/mol. The molecule has 10 heteroatoms. The first-order valence-electron chi connectivity index (χ1n) is 7.60. The van der Waals surface area contributed by atoms with Gasteiger partial charge >= 0.3 is 0 Å². The Morgan fingerprint density at radius 3 is 2.88 bits per heavy atom. The van der Waals surface area contributed by atoms with E-state index in [0.29, 0.717) is 11.3 Å². The Hall–Kier alpha value is -1.74. The maximum absolute atomic E-state index is 12.5. The van der Waals surface area contributed by atoms with E-state index in [2.05, 4.69) is 15.5 Å². The number of nitrogens with zero attached hydrogens (tertiary/aromatic N) is 3. The van der Waals surface area contributed by atoms with Gasteiger partial charge in [0.15, 0.2) is 11.5 Å². The van der Waals surface area contributed by atoms with E-state index >= 15 is 0 Å². The zero-order chi connectivity index (χ0) is 16.9. The molecule has 1 amide bonds. The second-order valence-corrected chi connectivity index (χ2v) is 6.29. The standard InChI is InChI=1S/C16H19N5O2S.2ClH/c1-24-7-5-13(15-20-19-14-4-2-3-6-21(14)15)18-16(22)11-8-12(9-17)23-10-11;;/h2-4,6,8,10,13H,5,7,9,17H2,1H3,(H,18,22);2*1H. The van der Waals surface area contributed by atoms with Crippen molar-refractivity contribution in [2.24, 2.45) is 5.73 Å². The summed E-state index contributed by atoms with van der Waals surface area (Å²) < 4.78 is 7.13. The van der Waals surface area contributed by atoms with Crippen LogP contribution in [0.25, 0.3) is 5.65 Å². The molecule has 7 nitrogen and oxygen atoms in total. The Balaban J connectivity index is 0.00000169. The minimum atomic E-state index is -0.237. The molecule has 0 fully saturated rings. The van der Waals surface area contributed by atoms with Gasteiger partial charge in [-0.2, -0.15) is 11.8 Å². The van der Waals surface area contributed by atoms with Crippen LogP contribution in [0.1, 0.15) is 34.4 Å². The summed E-state index contributed by atoms with van der Waals surface area (Å²) in [4.78, 5) is 12.5. The third-order valence-corrected chi connectivity index (χ3v) is 4.33. The number of nitrogens with two attached hydrogens (primary N) is 1. The Bertz CT molecular complexity index is 839. The maximum Gasteiger partial charge on any atom is 0.255 e. The molecule has 3 aromatic heterocycles. The van der Waals surface area contributed by atoms with Crippen molar-refractivity contribution in [2.45, 2.75) is 19.0 Å². The van der Waals surface area contributed by atoms with Gasteiger partial charge in [0.1, 0.15) is 12.0 Å². The molecule has 3 aromatic rings. The maximum atomic E-state index is 12.5. The minimum Gasteiger partial charge on any atom is -0.467 e. The van der Waals surface area contributed by atoms with Crippen LogP contribution in [0.5, 0.6) is 0 Å². The fourth-order valence-corrected chi connectivity index (χ4v) is 2.92. The van der Waals surface area contributed by atoms with Crippen LogP contribution < -0.4 is 11.1 Å². The summed E-state index contributed by atoms with van der Waals surface area (Å²) in [6.07, 6.45) is 6.10. The molecule has 0 spiro atoms. The first-order chi connectivity index (χ1) is 11.7. The molecule has 3 rings (SSSR count). The van der Waals surface area contributed by atoms with Crippen LogP contribution in [-0.4, -0.2) is 32.5 Å². The first kappa shape index (κ1) is 22.3. The van der Waals surface area contributed by atoms with Gasteiger partial charge in [-0.05, 0) is 36.6 Å². The van der Waals surface area contributed by atoms with Crippen molar-refractivity contribution in [2.75, 3.05) is 12.0 Å². The second kappa shape index (κ2) is 10.4. The Morgan fingerprint density at radius 1 is 1.38 bits per heavy atom. The summed E-state index contributed by atoms with van der Waals surface area (Å²) in [6, 6.07) is 7.12. The summed E-state index contributed by atoms with van der Waals surface area (Å²) >= 11 is 1.72. The number of thioether (sulfide) groups is 1. The Labute approximate surface area is 167 Å². The van der Waals surface area contributed by atoms with Crippen LogP contribution in [0.4, 0.5) is 0 Å². The van der Waals surface area contributed by atoms with Crippen LogP contribution >= 0.6 is 36.6 Å². The van der Waals surface area contributed by atoms with Gasteiger partial charge in [-0.1, -0.05) is 6.07 Å². The molecule has 26 heavy (non-hydrogen) atoms. The lowest BCUT2D eigenvalue weighted by atomic mass is 10.2. The summed E-state index contributed by atoms with van der Waals surface area (Å²) in [5, 5.41) is 11.5. The molecule has 1 atom stereocenters. The van der Waals surface area contributed by atoms with Gasteiger partial charge in [0.25, 0.3) is 5.91 Å². The lowest BCUT2D eigenvalue weighted by Gasteiger charge is -2.16. The van der Waals surface area contributed by atoms with Gasteiger partial charge in [-0.15, -0.1) is 35.0 Å². The average molecular weight is 418 g/mol. The highest BCUT2D eigenvalue weighted by molar-refractivity contribution is 7.98. The number of hydrogen-bond acceptors (Lipinski definition) is 6. The minimum absolute atomic E-state index is 0. The Kier molecular flexibility index (Phi) is 8.94. The lowest BCUT2D eigenvalue weighted by molar-refractivity contribution is 0.0933. The van der Waals surface area contributed by atoms with Crippen molar-refractivity contribution in [1.82, 2.24) is 19.9 Å². The smallest absolute Gasteiger partial charge is 0.255 e. The van der Waals surface area contributed by atoms with Crippen molar-refractivity contribution in [3.8, 4) is 0 Å². The number of rotatable bonds is 7. The predicted octanol–water partition coefficient (Wildman–Crippen LogP) is 2.85. The summed E-state index contributed by atoms with van der Waals surface area (Å²) in [5.41, 5.74) is 6.73. The van der Waals surface area contributed by atoms with E-state index in [0.717, 1.165) is 23.6 Å². The van der Waals surface area contributed by atoms with Gasteiger partial charge in [0.05, 0.1) is 18.2 Å². The number of fused-ring (bicyclic) bond motifs is 1. The van der Waals surface area contributed by atoms with E-state index < -0.39 is 0 Å². The Morgan fingerprint density at radius 2 is 2.19 bits per heavy atom. The summed E-state index contributed by atoms with van der Waals surface area (Å²) in [6.45, 7) is 0.262. The quantitative estimate of drug-likeness (QED) is 0.612. The van der Waals surface area contributed by atoms with E-state index in [9.17, 15) is 4.79 Å². The van der Waals surface area contributed by atoms with Crippen LogP contribution in [0, 0.1) is 0 Å². The van der Waals surface area contributed by atoms with E-state index in [-0.39, 0.29) is 43.3 Å². The lowest BCUT2D eigenvalue weighted by Crippen LogP contribution is -2.30. The van der Waals surface area contributed by atoms with Crippen LogP contribution in [0.3, 0.4) is 0 Å². The number of carbonyl (C=O) groups excluding carboxylic acids is 1. The van der Waals surface area contributed by atoms with Gasteiger partial charge < -0.3 is 15.5 Å². The molecular formula is C16H21Cl2N5O2S. The van der Waals surface area contributed by atoms with E-state index in [1.54, 1.807) is 17.8 Å². The van der Waals surface area contributed by atoms with Crippen molar-refractivity contribution in [3.63, 3.8) is 0 Å². The molecule has 0 saturated carbocycles. The zero-order valence-electron chi connectivity index (χ0n) is 14.1. The molecule has 3 N–H and O–H groups in total. The van der Waals surface area contributed by atoms with E-state index in [1.165, 1.54) is 6.26 Å². The topological polar surface area (TPSA) is 98.5 Å².